The molecule has 0 spiro atoms. The lowest BCUT2D eigenvalue weighted by Gasteiger charge is -2.01. The van der Waals surface area contributed by atoms with Gasteiger partial charge in [0.1, 0.15) is 5.69 Å². The topological polar surface area (TPSA) is 107 Å². The molecule has 6 nitrogen and oxygen atoms in total. The summed E-state index contributed by atoms with van der Waals surface area (Å²) in [5.74, 6) is 0. The molecule has 0 bridgehead atoms. The van der Waals surface area contributed by atoms with E-state index >= 15 is 0 Å². The van der Waals surface area contributed by atoms with E-state index in [-0.39, 0.29) is 5.69 Å². The molecule has 0 aromatic carbocycles. The average Bonchev–Trinajstić information content (AvgIpc) is 2.01. The lowest BCUT2D eigenvalue weighted by Crippen LogP contribution is -2.32. The highest BCUT2D eigenvalue weighted by Crippen LogP contribution is 1.85. The predicted molar refractivity (Wildman–Crippen MR) is 44.8 cm³/mol. The van der Waals surface area contributed by atoms with Crippen LogP contribution in [0.3, 0.4) is 0 Å². The Kier molecular flexibility index (Phi) is 2.29. The summed E-state index contributed by atoms with van der Waals surface area (Å²) in [6.07, 6.45) is 1.29. The number of nitrogen functional groups attached to an aromatic ring is 1. The highest BCUT2D eigenvalue weighted by atomic mass is 16.2. The number of nitrogens with zero attached hydrogens (tertiary/aromatic N) is 1. The smallest absolute Gasteiger partial charge is 0.328 e. The minimum absolute atomic E-state index is 0.0167. The van der Waals surface area contributed by atoms with Gasteiger partial charge in [-0.3, -0.25) is 14.3 Å². The number of hydrogen-bond acceptors (Lipinski definition) is 4. The van der Waals surface area contributed by atoms with E-state index in [1.807, 2.05) is 0 Å². The lowest BCUT2D eigenvalue weighted by atomic mass is 10.5. The first-order valence-corrected chi connectivity index (χ1v) is 3.44. The van der Waals surface area contributed by atoms with Crippen molar-refractivity contribution in [3.63, 3.8) is 0 Å². The maximum absolute atomic E-state index is 11.0. The second-order valence-electron chi connectivity index (χ2n) is 2.33. The monoisotopic (exact) mass is 170 g/mol. The van der Waals surface area contributed by atoms with Crippen molar-refractivity contribution in [1.82, 2.24) is 9.55 Å². The Morgan fingerprint density at radius 3 is 2.75 bits per heavy atom. The van der Waals surface area contributed by atoms with Crippen LogP contribution in [0.2, 0.25) is 0 Å². The lowest BCUT2D eigenvalue weighted by molar-refractivity contribution is 0.657. The van der Waals surface area contributed by atoms with E-state index in [9.17, 15) is 9.59 Å². The van der Waals surface area contributed by atoms with Crippen LogP contribution < -0.4 is 22.7 Å². The molecule has 0 radical (unpaired) electrons. The zero-order valence-corrected chi connectivity index (χ0v) is 6.41. The molecule has 1 aromatic heterocycles. The largest absolute Gasteiger partial charge is 0.393 e. The molecule has 0 aliphatic rings. The molecule has 6 heteroatoms. The van der Waals surface area contributed by atoms with E-state index in [1.54, 1.807) is 0 Å². The second kappa shape index (κ2) is 3.22. The number of aromatic amines is 1. The van der Waals surface area contributed by atoms with Gasteiger partial charge in [0.05, 0.1) is 0 Å². The van der Waals surface area contributed by atoms with E-state index in [0.717, 1.165) is 0 Å². The molecule has 0 saturated carbocycles. The number of hydrogen-bond donors (Lipinski definition) is 3. The normalized spacial score (nSPS) is 10.1. The maximum atomic E-state index is 11.0. The minimum atomic E-state index is -0.562. The Hall–Kier alpha value is -1.56. The molecular formula is C6H10N4O2. The van der Waals surface area contributed by atoms with Crippen LogP contribution in [0.1, 0.15) is 0 Å². The van der Waals surface area contributed by atoms with Crippen LogP contribution in [0, 0.1) is 0 Å². The number of nitrogens with one attached hydrogen (secondary N) is 1. The summed E-state index contributed by atoms with van der Waals surface area (Å²) >= 11 is 0. The van der Waals surface area contributed by atoms with Gasteiger partial charge >= 0.3 is 5.69 Å². The molecule has 0 aliphatic carbocycles. The standard InChI is InChI=1S/C6H10N4O2/c7-1-2-10-3-4(8)5(11)9-6(10)12/h3H,1-2,7-8H2,(H,9,11,12). The molecule has 1 aromatic rings. The van der Waals surface area contributed by atoms with Gasteiger partial charge in [-0.15, -0.1) is 0 Å². The van der Waals surface area contributed by atoms with Crippen molar-refractivity contribution >= 4 is 5.69 Å². The number of nitrogens with two attached hydrogens (primary N) is 2. The minimum Gasteiger partial charge on any atom is -0.393 e. The maximum Gasteiger partial charge on any atom is 0.328 e. The van der Waals surface area contributed by atoms with E-state index in [4.69, 9.17) is 11.5 Å². The molecule has 66 valence electrons. The van der Waals surface area contributed by atoms with Crippen molar-refractivity contribution < 1.29 is 0 Å². The van der Waals surface area contributed by atoms with Crippen molar-refractivity contribution in [2.75, 3.05) is 12.3 Å². The van der Waals surface area contributed by atoms with Gasteiger partial charge in [-0.05, 0) is 0 Å². The number of anilines is 1. The van der Waals surface area contributed by atoms with Crippen molar-refractivity contribution in [1.29, 1.82) is 0 Å². The summed E-state index contributed by atoms with van der Waals surface area (Å²) in [5.41, 5.74) is 9.47. The molecule has 0 saturated heterocycles. The first-order chi connectivity index (χ1) is 5.65. The van der Waals surface area contributed by atoms with Crippen LogP contribution in [0.15, 0.2) is 15.8 Å². The van der Waals surface area contributed by atoms with Gasteiger partial charge < -0.3 is 11.5 Å². The first-order valence-electron chi connectivity index (χ1n) is 3.44. The van der Waals surface area contributed by atoms with Crippen molar-refractivity contribution in [3.8, 4) is 0 Å². The quantitative estimate of drug-likeness (QED) is 0.480. The number of H-pyrrole nitrogens is 1. The fourth-order valence-corrected chi connectivity index (χ4v) is 0.831. The molecule has 0 aliphatic heterocycles. The Labute approximate surface area is 67.8 Å². The summed E-state index contributed by atoms with van der Waals surface area (Å²) in [4.78, 5) is 23.8. The van der Waals surface area contributed by atoms with E-state index < -0.39 is 11.2 Å². The van der Waals surface area contributed by atoms with Gasteiger partial charge in [0, 0.05) is 19.3 Å². The highest BCUT2D eigenvalue weighted by Gasteiger charge is 1.98. The fourth-order valence-electron chi connectivity index (χ4n) is 0.831. The molecule has 12 heavy (non-hydrogen) atoms. The zero-order valence-electron chi connectivity index (χ0n) is 6.41. The van der Waals surface area contributed by atoms with Crippen molar-refractivity contribution in [2.45, 2.75) is 6.54 Å². The van der Waals surface area contributed by atoms with Crippen molar-refractivity contribution in [3.05, 3.63) is 27.0 Å². The van der Waals surface area contributed by atoms with Gasteiger partial charge in [0.15, 0.2) is 0 Å². The molecule has 0 fully saturated rings. The Morgan fingerprint density at radius 1 is 1.50 bits per heavy atom. The van der Waals surface area contributed by atoms with Crippen LogP contribution in [0.25, 0.3) is 0 Å². The molecule has 5 N–H and O–H groups in total. The van der Waals surface area contributed by atoms with E-state index in [0.29, 0.717) is 13.1 Å². The molecule has 1 rings (SSSR count). The summed E-state index contributed by atoms with van der Waals surface area (Å²) in [7, 11) is 0. The second-order valence-corrected chi connectivity index (χ2v) is 2.33. The third-order valence-electron chi connectivity index (χ3n) is 1.41. The van der Waals surface area contributed by atoms with Gasteiger partial charge in [0.2, 0.25) is 0 Å². The number of rotatable bonds is 2. The fraction of sp³-hybridized carbons (Fsp3) is 0.333. The van der Waals surface area contributed by atoms with Crippen molar-refractivity contribution in [2.24, 2.45) is 5.73 Å². The van der Waals surface area contributed by atoms with Gasteiger partial charge in [-0.25, -0.2) is 4.79 Å². The molecule has 0 atom stereocenters. The summed E-state index contributed by atoms with van der Waals surface area (Å²) in [5, 5.41) is 0. The summed E-state index contributed by atoms with van der Waals surface area (Å²) in [6.45, 7) is 0.672. The Morgan fingerprint density at radius 2 is 2.17 bits per heavy atom. The molecule has 1 heterocycles. The highest BCUT2D eigenvalue weighted by molar-refractivity contribution is 5.30. The molecular weight excluding hydrogens is 160 g/mol. The third kappa shape index (κ3) is 1.54. The van der Waals surface area contributed by atoms with Crippen LogP contribution >= 0.6 is 0 Å². The number of aromatic nitrogens is 2. The first kappa shape index (κ1) is 8.54. The van der Waals surface area contributed by atoms with Crippen LogP contribution in [0.4, 0.5) is 5.69 Å². The van der Waals surface area contributed by atoms with Gasteiger partial charge in [-0.1, -0.05) is 0 Å². The van der Waals surface area contributed by atoms with E-state index in [1.165, 1.54) is 10.8 Å². The summed E-state index contributed by atoms with van der Waals surface area (Å²) in [6, 6.07) is 0. The average molecular weight is 170 g/mol. The predicted octanol–water partition coefficient (Wildman–Crippen LogP) is -1.92. The molecule has 0 unspecified atom stereocenters. The molecule has 0 amide bonds. The SMILES string of the molecule is NCCn1cc(N)c(=O)[nH]c1=O. The van der Waals surface area contributed by atoms with Crippen LogP contribution in [-0.2, 0) is 6.54 Å². The summed E-state index contributed by atoms with van der Waals surface area (Å²) < 4.78 is 1.26. The van der Waals surface area contributed by atoms with Crippen LogP contribution in [0.5, 0.6) is 0 Å². The zero-order chi connectivity index (χ0) is 9.14. The third-order valence-corrected chi connectivity index (χ3v) is 1.41. The van der Waals surface area contributed by atoms with E-state index in [2.05, 4.69) is 4.98 Å². The van der Waals surface area contributed by atoms with Gasteiger partial charge in [-0.2, -0.15) is 0 Å². The van der Waals surface area contributed by atoms with Gasteiger partial charge in [0.25, 0.3) is 5.56 Å². The Bertz CT molecular complexity index is 378. The Balaban J connectivity index is 3.24. The van der Waals surface area contributed by atoms with Crippen LogP contribution in [-0.4, -0.2) is 16.1 Å².